The van der Waals surface area contributed by atoms with Crippen LogP contribution in [0.3, 0.4) is 0 Å². The van der Waals surface area contributed by atoms with Gasteiger partial charge in [-0.1, -0.05) is 73.7 Å². The summed E-state index contributed by atoms with van der Waals surface area (Å²) in [5, 5.41) is 36.8. The number of fused-ring (bicyclic) bond motifs is 1. The molecule has 0 bridgehead atoms. The lowest BCUT2D eigenvalue weighted by atomic mass is 9.91. The van der Waals surface area contributed by atoms with Gasteiger partial charge in [0.1, 0.15) is 12.2 Å². The molecule has 1 saturated heterocycles. The standard InChI is InChI=1S/C40H45N11O3/c1-2-26-20-45-51(23-26)33-19-32(35(52)36(33)53)50-25-44-34-37(42-22-31(27-11-5-3-6-12-27)28-13-7-4-8-14-28)47-39(48-38(34)50)49-18-16-30(24-49)46-40(54)43-21-29-15-9-10-17-41-29/h3-15,17,20,23,25,30-33,35-36,52-53H,2,16,18-19,21-22,24H2,1H3,(H,42,47,48)(H2,43,46,54)/t30-,32+,33-,35-,36+/m0/s1. The van der Waals surface area contributed by atoms with Gasteiger partial charge in [0.25, 0.3) is 0 Å². The third-order valence-corrected chi connectivity index (χ3v) is 10.6. The molecule has 14 heteroatoms. The summed E-state index contributed by atoms with van der Waals surface area (Å²) in [4.78, 5) is 34.1. The van der Waals surface area contributed by atoms with Gasteiger partial charge < -0.3 is 35.6 Å². The van der Waals surface area contributed by atoms with Crippen LogP contribution < -0.4 is 20.9 Å². The molecular formula is C40H45N11O3. The molecule has 0 radical (unpaired) electrons. The van der Waals surface area contributed by atoms with E-state index in [1.807, 2.05) is 65.4 Å². The van der Waals surface area contributed by atoms with Gasteiger partial charge in [-0.3, -0.25) is 9.67 Å². The predicted octanol–water partition coefficient (Wildman–Crippen LogP) is 4.21. The number of imidazole rings is 1. The van der Waals surface area contributed by atoms with Gasteiger partial charge in [0, 0.05) is 44.0 Å². The maximum atomic E-state index is 12.8. The number of carbonyl (C=O) groups excluding carboxylic acids is 1. The number of aryl methyl sites for hydroxylation is 1. The molecular weight excluding hydrogens is 683 g/mol. The molecule has 2 aliphatic rings. The number of hydrogen-bond donors (Lipinski definition) is 5. The van der Waals surface area contributed by atoms with Crippen LogP contribution in [-0.4, -0.2) is 88.4 Å². The van der Waals surface area contributed by atoms with Gasteiger partial charge in [0.15, 0.2) is 17.0 Å². The first kappa shape index (κ1) is 35.2. The number of aliphatic hydroxyl groups excluding tert-OH is 2. The Hall–Kier alpha value is -5.86. The highest BCUT2D eigenvalue weighted by molar-refractivity contribution is 5.84. The summed E-state index contributed by atoms with van der Waals surface area (Å²) >= 11 is 0. The molecule has 1 aliphatic carbocycles. The molecule has 4 aromatic heterocycles. The molecule has 5 heterocycles. The first-order valence-electron chi connectivity index (χ1n) is 18.6. The maximum Gasteiger partial charge on any atom is 0.315 e. The third kappa shape index (κ3) is 7.34. The minimum Gasteiger partial charge on any atom is -0.388 e. The van der Waals surface area contributed by atoms with Gasteiger partial charge in [0.05, 0.1) is 36.8 Å². The fourth-order valence-corrected chi connectivity index (χ4v) is 7.65. The van der Waals surface area contributed by atoms with E-state index in [0.29, 0.717) is 62.0 Å². The number of anilines is 2. The molecule has 8 rings (SSSR count). The zero-order valence-corrected chi connectivity index (χ0v) is 30.1. The molecule has 54 heavy (non-hydrogen) atoms. The fraction of sp³-hybridized carbons (Fsp3) is 0.350. The van der Waals surface area contributed by atoms with Gasteiger partial charge in [-0.2, -0.15) is 15.1 Å². The van der Waals surface area contributed by atoms with E-state index in [9.17, 15) is 15.0 Å². The molecule has 14 nitrogen and oxygen atoms in total. The first-order chi connectivity index (χ1) is 26.4. The van der Waals surface area contributed by atoms with Gasteiger partial charge in [0.2, 0.25) is 5.95 Å². The fourth-order valence-electron chi connectivity index (χ4n) is 7.65. The smallest absolute Gasteiger partial charge is 0.315 e. The van der Waals surface area contributed by atoms with Crippen LogP contribution in [0.4, 0.5) is 16.6 Å². The minimum absolute atomic E-state index is 0.0301. The van der Waals surface area contributed by atoms with Crippen molar-refractivity contribution in [3.8, 4) is 0 Å². The summed E-state index contributed by atoms with van der Waals surface area (Å²) in [6.07, 6.45) is 7.01. The molecule has 1 saturated carbocycles. The van der Waals surface area contributed by atoms with E-state index >= 15 is 0 Å². The molecule has 0 unspecified atom stereocenters. The van der Waals surface area contributed by atoms with E-state index in [1.54, 1.807) is 23.4 Å². The SMILES string of the molecule is CCc1cnn([C@H]2C[C@@H](n3cnc4c(NCC(c5ccccc5)c5ccccc5)nc(N5CC[C@H](NC(=O)NCc6ccccn6)C5)nc43)[C@H](O)[C@@H]2O)c1. The molecule has 5 atom stereocenters. The Morgan fingerprint density at radius 2 is 1.67 bits per heavy atom. The van der Waals surface area contributed by atoms with Crippen molar-refractivity contribution in [2.75, 3.05) is 29.9 Å². The number of aromatic nitrogens is 7. The van der Waals surface area contributed by atoms with Gasteiger partial charge in [-0.05, 0) is 48.1 Å². The Morgan fingerprint density at radius 3 is 2.37 bits per heavy atom. The van der Waals surface area contributed by atoms with E-state index in [4.69, 9.17) is 15.0 Å². The normalized spacial score (nSPS) is 21.2. The molecule has 1 aliphatic heterocycles. The number of carbonyl (C=O) groups is 1. The molecule has 5 N–H and O–H groups in total. The number of rotatable bonds is 12. The Labute approximate surface area is 313 Å². The quantitative estimate of drug-likeness (QED) is 0.123. The van der Waals surface area contributed by atoms with Crippen LogP contribution in [-0.2, 0) is 13.0 Å². The van der Waals surface area contributed by atoms with Crippen molar-refractivity contribution >= 4 is 29.0 Å². The Balaban J connectivity index is 1.08. The highest BCUT2D eigenvalue weighted by Gasteiger charge is 2.44. The van der Waals surface area contributed by atoms with Crippen molar-refractivity contribution < 1.29 is 15.0 Å². The lowest BCUT2D eigenvalue weighted by molar-refractivity contribution is 0.00721. The second kappa shape index (κ2) is 15.6. The van der Waals surface area contributed by atoms with Crippen molar-refractivity contribution in [2.24, 2.45) is 0 Å². The molecule has 2 aromatic carbocycles. The van der Waals surface area contributed by atoms with E-state index in [2.05, 4.69) is 62.1 Å². The highest BCUT2D eigenvalue weighted by atomic mass is 16.3. The number of aliphatic hydroxyl groups is 2. The van der Waals surface area contributed by atoms with Gasteiger partial charge in [-0.15, -0.1) is 0 Å². The number of amides is 2. The van der Waals surface area contributed by atoms with Crippen molar-refractivity contribution in [1.82, 2.24) is 44.9 Å². The number of pyridine rings is 1. The maximum absolute atomic E-state index is 12.8. The Morgan fingerprint density at radius 1 is 0.926 bits per heavy atom. The monoisotopic (exact) mass is 727 g/mol. The van der Waals surface area contributed by atoms with Crippen LogP contribution >= 0.6 is 0 Å². The third-order valence-electron chi connectivity index (χ3n) is 10.6. The number of urea groups is 1. The van der Waals surface area contributed by atoms with Crippen molar-refractivity contribution in [1.29, 1.82) is 0 Å². The molecule has 0 spiro atoms. The van der Waals surface area contributed by atoms with E-state index in [1.165, 1.54) is 11.1 Å². The number of hydrogen-bond acceptors (Lipinski definition) is 10. The summed E-state index contributed by atoms with van der Waals surface area (Å²) in [6, 6.07) is 25.0. The lowest BCUT2D eigenvalue weighted by Crippen LogP contribution is -2.43. The summed E-state index contributed by atoms with van der Waals surface area (Å²) < 4.78 is 3.63. The number of nitrogens with one attached hydrogen (secondary N) is 3. The largest absolute Gasteiger partial charge is 0.388 e. The van der Waals surface area contributed by atoms with Crippen LogP contribution in [0.25, 0.3) is 11.2 Å². The number of nitrogens with zero attached hydrogens (tertiary/aromatic N) is 8. The second-order valence-corrected chi connectivity index (χ2v) is 14.1. The topological polar surface area (TPSA) is 171 Å². The summed E-state index contributed by atoms with van der Waals surface area (Å²) in [5.41, 5.74) is 5.30. The van der Waals surface area contributed by atoms with Gasteiger partial charge in [-0.25, -0.2) is 9.78 Å². The van der Waals surface area contributed by atoms with Crippen LogP contribution in [0.2, 0.25) is 0 Å². The summed E-state index contributed by atoms with van der Waals surface area (Å²) in [7, 11) is 0. The molecule has 6 aromatic rings. The highest BCUT2D eigenvalue weighted by Crippen LogP contribution is 2.40. The van der Waals surface area contributed by atoms with Gasteiger partial charge >= 0.3 is 6.03 Å². The summed E-state index contributed by atoms with van der Waals surface area (Å²) in [6.45, 7) is 4.08. The summed E-state index contributed by atoms with van der Waals surface area (Å²) in [5.74, 6) is 1.09. The van der Waals surface area contributed by atoms with Crippen LogP contribution in [0.15, 0.2) is 104 Å². The van der Waals surface area contributed by atoms with E-state index < -0.39 is 24.3 Å². The molecule has 2 amide bonds. The van der Waals surface area contributed by atoms with Crippen LogP contribution in [0, 0.1) is 0 Å². The second-order valence-electron chi connectivity index (χ2n) is 14.1. The van der Waals surface area contributed by atoms with Crippen molar-refractivity contribution in [3.63, 3.8) is 0 Å². The van der Waals surface area contributed by atoms with E-state index in [-0.39, 0.29) is 18.0 Å². The minimum atomic E-state index is -1.07. The van der Waals surface area contributed by atoms with Crippen molar-refractivity contribution in [2.45, 2.75) is 69.0 Å². The first-order valence-corrected chi connectivity index (χ1v) is 18.6. The molecule has 2 fully saturated rings. The average Bonchev–Trinajstić information content (AvgIpc) is 4.03. The number of benzene rings is 2. The van der Waals surface area contributed by atoms with E-state index in [0.717, 1.165) is 17.7 Å². The van der Waals surface area contributed by atoms with Crippen molar-refractivity contribution in [3.05, 3.63) is 126 Å². The van der Waals surface area contributed by atoms with Crippen LogP contribution in [0.1, 0.15) is 60.2 Å². The molecule has 278 valence electrons. The van der Waals surface area contributed by atoms with Crippen LogP contribution in [0.5, 0.6) is 0 Å². The Kier molecular flexibility index (Phi) is 10.2. The zero-order valence-electron chi connectivity index (χ0n) is 30.1. The lowest BCUT2D eigenvalue weighted by Gasteiger charge is -2.22. The zero-order chi connectivity index (χ0) is 37.0. The average molecular weight is 728 g/mol. The Bertz CT molecular complexity index is 2120. The predicted molar refractivity (Wildman–Crippen MR) is 205 cm³/mol.